The van der Waals surface area contributed by atoms with E-state index in [1.165, 1.54) is 13.8 Å². The molecule has 0 aromatic heterocycles. The molecule has 1 N–H and O–H groups in total. The first kappa shape index (κ1) is 18.6. The van der Waals surface area contributed by atoms with Gasteiger partial charge in [-0.05, 0) is 6.42 Å². The highest BCUT2D eigenvalue weighted by Crippen LogP contribution is 2.18. The zero-order valence-corrected chi connectivity index (χ0v) is 11.3. The zero-order valence-electron chi connectivity index (χ0n) is 11.3. The summed E-state index contributed by atoms with van der Waals surface area (Å²) in [6.45, 7) is 0.898. The average Bonchev–Trinajstić information content (AvgIpc) is 2.34. The summed E-state index contributed by atoms with van der Waals surface area (Å²) in [6, 6.07) is 0. The number of alkyl halides is 4. The lowest BCUT2D eigenvalue weighted by molar-refractivity contribution is -0.101. The minimum absolute atomic E-state index is 0.0652. The predicted molar refractivity (Wildman–Crippen MR) is 62.7 cm³/mol. The van der Waals surface area contributed by atoms with Crippen molar-refractivity contribution in [1.29, 1.82) is 0 Å². The third-order valence-corrected chi connectivity index (χ3v) is 2.57. The predicted octanol–water partition coefficient (Wildman–Crippen LogP) is 2.86. The summed E-state index contributed by atoms with van der Waals surface area (Å²) >= 11 is 0. The highest BCUT2D eigenvalue weighted by molar-refractivity contribution is 4.64. The summed E-state index contributed by atoms with van der Waals surface area (Å²) in [4.78, 5) is 0. The highest BCUT2D eigenvalue weighted by Gasteiger charge is 2.27. The fourth-order valence-corrected chi connectivity index (χ4v) is 1.07. The Balaban J connectivity index is 3.58. The second kappa shape index (κ2) is 8.71. The van der Waals surface area contributed by atoms with Crippen molar-refractivity contribution in [3.8, 4) is 0 Å². The Morgan fingerprint density at radius 1 is 0.947 bits per heavy atom. The van der Waals surface area contributed by atoms with Crippen LogP contribution in [0.5, 0.6) is 0 Å². The third-order valence-electron chi connectivity index (χ3n) is 2.57. The zero-order chi connectivity index (χ0) is 14.9. The maximum Gasteiger partial charge on any atom is 0.270 e. The quantitative estimate of drug-likeness (QED) is 0.470. The molecule has 0 aliphatic rings. The van der Waals surface area contributed by atoms with Gasteiger partial charge in [0.05, 0.1) is 12.7 Å². The second-order valence-electron chi connectivity index (χ2n) is 4.43. The SMILES string of the molecule is CCC(F)(F)COCCC(O)COCC(F)(F)CC. The summed E-state index contributed by atoms with van der Waals surface area (Å²) in [5.41, 5.74) is 0. The van der Waals surface area contributed by atoms with Gasteiger partial charge in [0.25, 0.3) is 11.8 Å². The van der Waals surface area contributed by atoms with Gasteiger partial charge < -0.3 is 14.6 Å². The van der Waals surface area contributed by atoms with E-state index in [9.17, 15) is 22.7 Å². The van der Waals surface area contributed by atoms with E-state index in [4.69, 9.17) is 4.74 Å². The molecule has 0 amide bonds. The highest BCUT2D eigenvalue weighted by atomic mass is 19.3. The van der Waals surface area contributed by atoms with Gasteiger partial charge in [-0.15, -0.1) is 0 Å². The van der Waals surface area contributed by atoms with Crippen LogP contribution in [0, 0.1) is 0 Å². The average molecular weight is 290 g/mol. The molecule has 0 saturated heterocycles. The van der Waals surface area contributed by atoms with Crippen LogP contribution in [0.15, 0.2) is 0 Å². The Bertz CT molecular complexity index is 237. The summed E-state index contributed by atoms with van der Waals surface area (Å²) in [7, 11) is 0. The van der Waals surface area contributed by atoms with E-state index in [0.29, 0.717) is 0 Å². The van der Waals surface area contributed by atoms with Crippen LogP contribution in [-0.2, 0) is 9.47 Å². The molecule has 0 aliphatic heterocycles. The van der Waals surface area contributed by atoms with Gasteiger partial charge in [0.15, 0.2) is 0 Å². The van der Waals surface area contributed by atoms with E-state index in [0.717, 1.165) is 0 Å². The molecule has 7 heteroatoms. The van der Waals surface area contributed by atoms with Gasteiger partial charge >= 0.3 is 0 Å². The largest absolute Gasteiger partial charge is 0.391 e. The van der Waals surface area contributed by atoms with E-state index in [1.807, 2.05) is 0 Å². The van der Waals surface area contributed by atoms with Crippen molar-refractivity contribution in [3.05, 3.63) is 0 Å². The van der Waals surface area contributed by atoms with Crippen molar-refractivity contribution >= 4 is 0 Å². The number of hydrogen-bond donors (Lipinski definition) is 1. The molecule has 0 fully saturated rings. The van der Waals surface area contributed by atoms with Crippen molar-refractivity contribution in [3.63, 3.8) is 0 Å². The first-order chi connectivity index (χ1) is 8.72. The second-order valence-corrected chi connectivity index (χ2v) is 4.43. The first-order valence-corrected chi connectivity index (χ1v) is 6.31. The Hall–Kier alpha value is -0.400. The van der Waals surface area contributed by atoms with E-state index in [-0.39, 0.29) is 32.5 Å². The molecule has 0 radical (unpaired) electrons. The molecule has 3 nitrogen and oxygen atoms in total. The minimum atomic E-state index is -2.90. The fourth-order valence-electron chi connectivity index (χ4n) is 1.07. The van der Waals surface area contributed by atoms with Crippen LogP contribution < -0.4 is 0 Å². The van der Waals surface area contributed by atoms with Crippen LogP contribution in [0.25, 0.3) is 0 Å². The van der Waals surface area contributed by atoms with Gasteiger partial charge in [-0.1, -0.05) is 13.8 Å². The topological polar surface area (TPSA) is 38.7 Å². The summed E-state index contributed by atoms with van der Waals surface area (Å²) < 4.78 is 60.4. The summed E-state index contributed by atoms with van der Waals surface area (Å²) in [6.07, 6.45) is -1.58. The number of halogens is 4. The molecule has 0 heterocycles. The van der Waals surface area contributed by atoms with Crippen molar-refractivity contribution in [1.82, 2.24) is 0 Å². The number of hydrogen-bond acceptors (Lipinski definition) is 3. The molecule has 19 heavy (non-hydrogen) atoms. The maximum atomic E-state index is 12.8. The van der Waals surface area contributed by atoms with Crippen molar-refractivity contribution in [2.24, 2.45) is 0 Å². The molecule has 1 atom stereocenters. The third kappa shape index (κ3) is 10.1. The molecule has 0 aromatic carbocycles. The molecule has 1 unspecified atom stereocenters. The molecule has 0 spiro atoms. The van der Waals surface area contributed by atoms with E-state index in [2.05, 4.69) is 4.74 Å². The van der Waals surface area contributed by atoms with Crippen LogP contribution in [0.2, 0.25) is 0 Å². The monoisotopic (exact) mass is 290 g/mol. The van der Waals surface area contributed by atoms with Gasteiger partial charge in [0.1, 0.15) is 13.2 Å². The van der Waals surface area contributed by atoms with Crippen LogP contribution >= 0.6 is 0 Å². The van der Waals surface area contributed by atoms with E-state index < -0.39 is 31.2 Å². The van der Waals surface area contributed by atoms with Gasteiger partial charge in [0.2, 0.25) is 0 Å². The Labute approximate surface area is 110 Å². The first-order valence-electron chi connectivity index (χ1n) is 6.31. The lowest BCUT2D eigenvalue weighted by atomic mass is 10.2. The summed E-state index contributed by atoms with van der Waals surface area (Å²) in [5, 5.41) is 9.37. The Kier molecular flexibility index (Phi) is 8.52. The van der Waals surface area contributed by atoms with Crippen molar-refractivity contribution in [2.75, 3.05) is 26.4 Å². The molecule has 0 aromatic rings. The van der Waals surface area contributed by atoms with Crippen molar-refractivity contribution < 1.29 is 32.1 Å². The van der Waals surface area contributed by atoms with Crippen LogP contribution in [0.4, 0.5) is 17.6 Å². The van der Waals surface area contributed by atoms with Crippen LogP contribution in [0.1, 0.15) is 33.1 Å². The standard InChI is InChI=1S/C12H22F4O3/c1-3-11(13,14)8-18-6-5-10(17)7-19-9-12(15,16)4-2/h10,17H,3-9H2,1-2H3. The Morgan fingerprint density at radius 2 is 1.42 bits per heavy atom. The number of rotatable bonds is 11. The molecule has 116 valence electrons. The molecular formula is C12H22F4O3. The smallest absolute Gasteiger partial charge is 0.270 e. The number of ether oxygens (including phenoxy) is 2. The van der Waals surface area contributed by atoms with E-state index >= 15 is 0 Å². The number of aliphatic hydroxyl groups is 1. The van der Waals surface area contributed by atoms with Gasteiger partial charge in [-0.25, -0.2) is 17.6 Å². The van der Waals surface area contributed by atoms with Gasteiger partial charge in [-0.3, -0.25) is 0 Å². The molecule has 0 saturated carbocycles. The normalized spacial score (nSPS) is 14.7. The molecule has 0 aliphatic carbocycles. The van der Waals surface area contributed by atoms with Crippen LogP contribution in [0.3, 0.4) is 0 Å². The Morgan fingerprint density at radius 3 is 1.89 bits per heavy atom. The summed E-state index contributed by atoms with van der Waals surface area (Å²) in [5.74, 6) is -5.77. The van der Waals surface area contributed by atoms with Crippen molar-refractivity contribution in [2.45, 2.75) is 51.1 Å². The lowest BCUT2D eigenvalue weighted by Gasteiger charge is -2.17. The van der Waals surface area contributed by atoms with E-state index in [1.54, 1.807) is 0 Å². The maximum absolute atomic E-state index is 12.8. The van der Waals surface area contributed by atoms with Gasteiger partial charge in [0, 0.05) is 19.4 Å². The fraction of sp³-hybridized carbons (Fsp3) is 1.00. The molecular weight excluding hydrogens is 268 g/mol. The number of aliphatic hydroxyl groups excluding tert-OH is 1. The minimum Gasteiger partial charge on any atom is -0.391 e. The molecule has 0 rings (SSSR count). The lowest BCUT2D eigenvalue weighted by Crippen LogP contribution is -2.27. The molecule has 0 bridgehead atoms. The van der Waals surface area contributed by atoms with Crippen LogP contribution in [-0.4, -0.2) is 49.5 Å². The van der Waals surface area contributed by atoms with Gasteiger partial charge in [-0.2, -0.15) is 0 Å².